The van der Waals surface area contributed by atoms with Gasteiger partial charge < -0.3 is 4.74 Å². The normalized spacial score (nSPS) is 26.6. The van der Waals surface area contributed by atoms with Crippen LogP contribution in [0.1, 0.15) is 46.0 Å². The molecule has 0 N–H and O–H groups in total. The monoisotopic (exact) mass is 291 g/mol. The molecule has 0 amide bonds. The molecule has 0 radical (unpaired) electrons. The Morgan fingerprint density at radius 3 is 2.69 bits per heavy atom. The number of hydrogen-bond donors (Lipinski definition) is 0. The average Bonchev–Trinajstić information content (AvgIpc) is 2.29. The van der Waals surface area contributed by atoms with Crippen molar-refractivity contribution in [1.29, 1.82) is 0 Å². The first-order chi connectivity index (χ1) is 7.69. The average molecular weight is 292 g/mol. The van der Waals surface area contributed by atoms with Crippen LogP contribution < -0.4 is 0 Å². The third-order valence-electron chi connectivity index (χ3n) is 3.61. The predicted molar refractivity (Wildman–Crippen MR) is 73.3 cm³/mol. The summed E-state index contributed by atoms with van der Waals surface area (Å²) in [6.07, 6.45) is 6.87. The van der Waals surface area contributed by atoms with E-state index in [1.165, 1.54) is 38.6 Å². The SMILES string of the molecule is COC1CCCC(N(CCCBr)C(C)C)C1. The summed E-state index contributed by atoms with van der Waals surface area (Å²) >= 11 is 3.53. The van der Waals surface area contributed by atoms with Crippen molar-refractivity contribution in [1.82, 2.24) is 4.90 Å². The summed E-state index contributed by atoms with van der Waals surface area (Å²) in [5.74, 6) is 0. The van der Waals surface area contributed by atoms with Crippen molar-refractivity contribution in [3.05, 3.63) is 0 Å². The lowest BCUT2D eigenvalue weighted by Crippen LogP contribution is -2.45. The van der Waals surface area contributed by atoms with Gasteiger partial charge in [-0.05, 0) is 52.5 Å². The zero-order chi connectivity index (χ0) is 12.0. The molecular formula is C13H26BrNO. The maximum absolute atomic E-state index is 5.52. The van der Waals surface area contributed by atoms with Crippen LogP contribution in [0.15, 0.2) is 0 Å². The molecule has 1 aliphatic rings. The van der Waals surface area contributed by atoms with Crippen molar-refractivity contribution in [3.8, 4) is 0 Å². The van der Waals surface area contributed by atoms with E-state index in [1.807, 2.05) is 7.11 Å². The Morgan fingerprint density at radius 1 is 1.38 bits per heavy atom. The number of hydrogen-bond acceptors (Lipinski definition) is 2. The second-order valence-electron chi connectivity index (χ2n) is 5.05. The number of halogens is 1. The minimum absolute atomic E-state index is 0.490. The van der Waals surface area contributed by atoms with E-state index < -0.39 is 0 Å². The van der Waals surface area contributed by atoms with Gasteiger partial charge in [0.2, 0.25) is 0 Å². The van der Waals surface area contributed by atoms with Crippen LogP contribution in [0.5, 0.6) is 0 Å². The van der Waals surface area contributed by atoms with E-state index in [1.54, 1.807) is 0 Å². The highest BCUT2D eigenvalue weighted by Crippen LogP contribution is 2.26. The van der Waals surface area contributed by atoms with Crippen molar-refractivity contribution in [2.45, 2.75) is 64.1 Å². The van der Waals surface area contributed by atoms with E-state index in [2.05, 4.69) is 34.7 Å². The Labute approximate surface area is 109 Å². The molecule has 0 aromatic rings. The van der Waals surface area contributed by atoms with Crippen molar-refractivity contribution < 1.29 is 4.74 Å². The quantitative estimate of drug-likeness (QED) is 0.695. The lowest BCUT2D eigenvalue weighted by Gasteiger charge is -2.39. The van der Waals surface area contributed by atoms with Crippen molar-refractivity contribution in [2.75, 3.05) is 19.0 Å². The zero-order valence-corrected chi connectivity index (χ0v) is 12.5. The second-order valence-corrected chi connectivity index (χ2v) is 5.85. The van der Waals surface area contributed by atoms with Crippen molar-refractivity contribution in [3.63, 3.8) is 0 Å². The Hall–Kier alpha value is 0.400. The number of ether oxygens (including phenoxy) is 1. The molecule has 0 aromatic heterocycles. The molecule has 16 heavy (non-hydrogen) atoms. The lowest BCUT2D eigenvalue weighted by atomic mass is 9.91. The maximum atomic E-state index is 5.52. The largest absolute Gasteiger partial charge is 0.381 e. The van der Waals surface area contributed by atoms with Gasteiger partial charge in [-0.25, -0.2) is 0 Å². The molecule has 1 fully saturated rings. The zero-order valence-electron chi connectivity index (χ0n) is 10.9. The Kier molecular flexibility index (Phi) is 6.94. The van der Waals surface area contributed by atoms with E-state index in [9.17, 15) is 0 Å². The van der Waals surface area contributed by atoms with Gasteiger partial charge in [0.05, 0.1) is 6.10 Å². The molecule has 0 saturated heterocycles. The summed E-state index contributed by atoms with van der Waals surface area (Å²) in [5, 5.41) is 1.11. The van der Waals surface area contributed by atoms with Gasteiger partial charge in [0.25, 0.3) is 0 Å². The standard InChI is InChI=1S/C13H26BrNO/c1-11(2)15(9-5-8-14)12-6-4-7-13(10-12)16-3/h11-13H,4-10H2,1-3H3. The van der Waals surface area contributed by atoms with E-state index in [-0.39, 0.29) is 0 Å². The molecule has 2 unspecified atom stereocenters. The highest BCUT2D eigenvalue weighted by atomic mass is 79.9. The van der Waals surface area contributed by atoms with E-state index in [0.29, 0.717) is 12.1 Å². The molecule has 96 valence electrons. The topological polar surface area (TPSA) is 12.5 Å². The number of methoxy groups -OCH3 is 1. The third-order valence-corrected chi connectivity index (χ3v) is 4.17. The van der Waals surface area contributed by atoms with Gasteiger partial charge in [-0.1, -0.05) is 15.9 Å². The van der Waals surface area contributed by atoms with Crippen LogP contribution in [0.4, 0.5) is 0 Å². The number of rotatable bonds is 6. The molecule has 3 heteroatoms. The number of nitrogens with zero attached hydrogens (tertiary/aromatic N) is 1. The van der Waals surface area contributed by atoms with Gasteiger partial charge in [-0.2, -0.15) is 0 Å². The molecule has 0 heterocycles. The van der Waals surface area contributed by atoms with E-state index in [0.717, 1.165) is 11.4 Å². The Morgan fingerprint density at radius 2 is 2.12 bits per heavy atom. The first kappa shape index (κ1) is 14.5. The molecule has 0 aliphatic heterocycles. The first-order valence-corrected chi connectivity index (χ1v) is 7.65. The summed E-state index contributed by atoms with van der Waals surface area (Å²) in [4.78, 5) is 2.66. The molecule has 0 bridgehead atoms. The van der Waals surface area contributed by atoms with E-state index in [4.69, 9.17) is 4.74 Å². The highest BCUT2D eigenvalue weighted by Gasteiger charge is 2.27. The maximum Gasteiger partial charge on any atom is 0.0586 e. The highest BCUT2D eigenvalue weighted by molar-refractivity contribution is 9.09. The Balaban J connectivity index is 2.48. The third kappa shape index (κ3) is 4.34. The van der Waals surface area contributed by atoms with Crippen LogP contribution >= 0.6 is 15.9 Å². The smallest absolute Gasteiger partial charge is 0.0586 e. The van der Waals surface area contributed by atoms with Gasteiger partial charge in [0.1, 0.15) is 0 Å². The molecule has 1 rings (SSSR count). The molecule has 0 spiro atoms. The van der Waals surface area contributed by atoms with Crippen LogP contribution in [0.3, 0.4) is 0 Å². The van der Waals surface area contributed by atoms with Gasteiger partial charge in [0, 0.05) is 24.5 Å². The first-order valence-electron chi connectivity index (χ1n) is 6.53. The van der Waals surface area contributed by atoms with Crippen molar-refractivity contribution >= 4 is 15.9 Å². The summed E-state index contributed by atoms with van der Waals surface area (Å²) in [5.41, 5.74) is 0. The molecule has 1 aliphatic carbocycles. The number of alkyl halides is 1. The summed E-state index contributed by atoms with van der Waals surface area (Å²) in [6, 6.07) is 1.39. The molecule has 0 aromatic carbocycles. The van der Waals surface area contributed by atoms with Crippen LogP contribution in [0.2, 0.25) is 0 Å². The Bertz CT molecular complexity index is 187. The van der Waals surface area contributed by atoms with Gasteiger partial charge in [0.15, 0.2) is 0 Å². The van der Waals surface area contributed by atoms with Gasteiger partial charge in [-0.3, -0.25) is 4.90 Å². The van der Waals surface area contributed by atoms with E-state index >= 15 is 0 Å². The fraction of sp³-hybridized carbons (Fsp3) is 1.00. The molecular weight excluding hydrogens is 266 g/mol. The van der Waals surface area contributed by atoms with Crippen LogP contribution in [0.25, 0.3) is 0 Å². The van der Waals surface area contributed by atoms with Crippen LogP contribution in [-0.4, -0.2) is 42.1 Å². The minimum Gasteiger partial charge on any atom is -0.381 e. The van der Waals surface area contributed by atoms with Crippen LogP contribution in [0, 0.1) is 0 Å². The predicted octanol–water partition coefficient (Wildman–Crippen LogP) is 3.44. The molecule has 1 saturated carbocycles. The fourth-order valence-electron chi connectivity index (χ4n) is 2.74. The summed E-state index contributed by atoms with van der Waals surface area (Å²) < 4.78 is 5.52. The fourth-order valence-corrected chi connectivity index (χ4v) is 2.99. The van der Waals surface area contributed by atoms with Gasteiger partial charge in [-0.15, -0.1) is 0 Å². The summed E-state index contributed by atoms with van der Waals surface area (Å²) in [6.45, 7) is 5.83. The lowest BCUT2D eigenvalue weighted by molar-refractivity contribution is 0.0189. The second kappa shape index (κ2) is 7.67. The molecule has 2 nitrogen and oxygen atoms in total. The summed E-state index contributed by atoms with van der Waals surface area (Å²) in [7, 11) is 1.85. The minimum atomic E-state index is 0.490. The van der Waals surface area contributed by atoms with Crippen molar-refractivity contribution in [2.24, 2.45) is 0 Å². The van der Waals surface area contributed by atoms with Crippen LogP contribution in [-0.2, 0) is 4.74 Å². The van der Waals surface area contributed by atoms with Gasteiger partial charge >= 0.3 is 0 Å². The molecule has 2 atom stereocenters.